The maximum Gasteiger partial charge on any atom is 0.303 e. The number of hydrogen-bond acceptors (Lipinski definition) is 3. The normalized spacial score (nSPS) is 14.0. The van der Waals surface area contributed by atoms with Crippen LogP contribution in [-0.2, 0) is 16.8 Å². The van der Waals surface area contributed by atoms with Crippen LogP contribution < -0.4 is 10.1 Å². The lowest BCUT2D eigenvalue weighted by Crippen LogP contribution is -2.35. The van der Waals surface area contributed by atoms with Crippen LogP contribution in [0, 0.1) is 6.92 Å². The second kappa shape index (κ2) is 8.64. The minimum atomic E-state index is -0.894. The molecule has 3 aromatic carbocycles. The second-order valence-electron chi connectivity index (χ2n) is 8.03. The third-order valence-electron chi connectivity index (χ3n) is 5.62. The Kier molecular flexibility index (Phi) is 5.76. The molecule has 3 aromatic rings. The summed E-state index contributed by atoms with van der Waals surface area (Å²) in [6.45, 7) is 2.04. The second-order valence-corrected chi connectivity index (χ2v) is 8.03. The van der Waals surface area contributed by atoms with Crippen LogP contribution >= 0.6 is 0 Å². The van der Waals surface area contributed by atoms with E-state index in [0.29, 0.717) is 22.6 Å². The van der Waals surface area contributed by atoms with Gasteiger partial charge in [0, 0.05) is 12.0 Å². The van der Waals surface area contributed by atoms with Crippen molar-refractivity contribution < 1.29 is 19.4 Å². The molecule has 0 bridgehead atoms. The summed E-state index contributed by atoms with van der Waals surface area (Å²) in [4.78, 5) is 24.4. The highest BCUT2D eigenvalue weighted by Gasteiger charge is 2.45. The largest absolute Gasteiger partial charge is 0.481 e. The first-order valence-corrected chi connectivity index (χ1v) is 10.4. The molecule has 1 aliphatic carbocycles. The molecule has 1 aliphatic rings. The van der Waals surface area contributed by atoms with E-state index in [1.807, 2.05) is 49.4 Å². The molecule has 0 aromatic heterocycles. The number of aliphatic carboxylic acids is 1. The summed E-state index contributed by atoms with van der Waals surface area (Å²) in [5, 5.41) is 12.3. The maximum absolute atomic E-state index is 13.3. The Morgan fingerprint density at radius 2 is 1.68 bits per heavy atom. The fraction of sp³-hybridized carbons (Fsp3) is 0.231. The van der Waals surface area contributed by atoms with Gasteiger partial charge in [0.2, 0.25) is 0 Å². The molecule has 2 N–H and O–H groups in total. The molecule has 1 amide bonds. The number of ether oxygens (including phenoxy) is 1. The van der Waals surface area contributed by atoms with Crippen molar-refractivity contribution in [2.75, 3.05) is 0 Å². The molecule has 158 valence electrons. The Hall–Kier alpha value is -3.60. The van der Waals surface area contributed by atoms with Crippen molar-refractivity contribution in [2.24, 2.45) is 0 Å². The van der Waals surface area contributed by atoms with Crippen LogP contribution in [0.3, 0.4) is 0 Å². The molecule has 0 radical (unpaired) electrons. The van der Waals surface area contributed by atoms with Gasteiger partial charge in [0.15, 0.2) is 0 Å². The first-order valence-electron chi connectivity index (χ1n) is 10.4. The highest BCUT2D eigenvalue weighted by molar-refractivity contribution is 5.97. The molecule has 5 nitrogen and oxygen atoms in total. The lowest BCUT2D eigenvalue weighted by molar-refractivity contribution is -0.136. The molecule has 1 saturated carbocycles. The number of carbonyl (C=O) groups excluding carboxylic acids is 1. The van der Waals surface area contributed by atoms with Gasteiger partial charge in [-0.05, 0) is 61.6 Å². The van der Waals surface area contributed by atoms with E-state index < -0.39 is 5.97 Å². The Balaban J connectivity index is 1.60. The molecule has 0 saturated heterocycles. The molecular weight excluding hydrogens is 390 g/mol. The maximum atomic E-state index is 13.3. The molecule has 4 rings (SSSR count). The van der Waals surface area contributed by atoms with Gasteiger partial charge in [-0.15, -0.1) is 0 Å². The Morgan fingerprint density at radius 1 is 0.968 bits per heavy atom. The molecule has 0 spiro atoms. The van der Waals surface area contributed by atoms with E-state index in [4.69, 9.17) is 9.84 Å². The summed E-state index contributed by atoms with van der Waals surface area (Å²) in [5.41, 5.74) is 3.06. The number of para-hydroxylation sites is 1. The van der Waals surface area contributed by atoms with Crippen molar-refractivity contribution in [3.8, 4) is 11.5 Å². The molecule has 1 fully saturated rings. The SMILES string of the molecule is Cc1ccc(C2(NC(=O)c3cc(Oc4ccccc4)ccc3CCC(=O)O)CC2)cc1. The van der Waals surface area contributed by atoms with Gasteiger partial charge < -0.3 is 15.2 Å². The van der Waals surface area contributed by atoms with E-state index in [1.165, 1.54) is 5.56 Å². The number of amides is 1. The van der Waals surface area contributed by atoms with Crippen molar-refractivity contribution >= 4 is 11.9 Å². The first-order chi connectivity index (χ1) is 14.9. The number of hydrogen-bond donors (Lipinski definition) is 2. The number of carboxylic acids is 1. The average molecular weight is 415 g/mol. The van der Waals surface area contributed by atoms with E-state index in [1.54, 1.807) is 18.2 Å². The Bertz CT molecular complexity index is 1090. The average Bonchev–Trinajstić information content (AvgIpc) is 3.54. The molecule has 5 heteroatoms. The zero-order chi connectivity index (χ0) is 21.8. The Labute approximate surface area is 181 Å². The van der Waals surface area contributed by atoms with Crippen molar-refractivity contribution in [3.63, 3.8) is 0 Å². The van der Waals surface area contributed by atoms with Gasteiger partial charge in [-0.3, -0.25) is 9.59 Å². The first kappa shape index (κ1) is 20.7. The fourth-order valence-electron chi connectivity index (χ4n) is 3.68. The smallest absolute Gasteiger partial charge is 0.303 e. The molecule has 0 unspecified atom stereocenters. The highest BCUT2D eigenvalue weighted by atomic mass is 16.5. The van der Waals surface area contributed by atoms with Gasteiger partial charge in [0.1, 0.15) is 11.5 Å². The van der Waals surface area contributed by atoms with Crippen LogP contribution in [0.5, 0.6) is 11.5 Å². The van der Waals surface area contributed by atoms with Gasteiger partial charge in [0.25, 0.3) is 5.91 Å². The van der Waals surface area contributed by atoms with E-state index in [9.17, 15) is 9.59 Å². The minimum Gasteiger partial charge on any atom is -0.481 e. The molecule has 31 heavy (non-hydrogen) atoms. The highest BCUT2D eigenvalue weighted by Crippen LogP contribution is 2.45. The van der Waals surface area contributed by atoms with E-state index in [2.05, 4.69) is 17.4 Å². The van der Waals surface area contributed by atoms with Crippen molar-refractivity contribution in [2.45, 2.75) is 38.1 Å². The van der Waals surface area contributed by atoms with Crippen LogP contribution in [0.1, 0.15) is 46.3 Å². The molecule has 0 atom stereocenters. The topological polar surface area (TPSA) is 75.6 Å². The van der Waals surface area contributed by atoms with Crippen LogP contribution in [-0.4, -0.2) is 17.0 Å². The van der Waals surface area contributed by atoms with Gasteiger partial charge in [-0.25, -0.2) is 0 Å². The van der Waals surface area contributed by atoms with Crippen molar-refractivity contribution in [1.29, 1.82) is 0 Å². The fourth-order valence-corrected chi connectivity index (χ4v) is 3.68. The summed E-state index contributed by atoms with van der Waals surface area (Å²) in [6, 6.07) is 22.8. The van der Waals surface area contributed by atoms with Crippen LogP contribution in [0.15, 0.2) is 72.8 Å². The number of carboxylic acid groups (broad SMARTS) is 1. The third-order valence-corrected chi connectivity index (χ3v) is 5.62. The Morgan fingerprint density at radius 3 is 2.32 bits per heavy atom. The summed E-state index contributed by atoms with van der Waals surface area (Å²) in [7, 11) is 0. The van der Waals surface area contributed by atoms with E-state index >= 15 is 0 Å². The number of carbonyl (C=O) groups is 2. The van der Waals surface area contributed by atoms with Gasteiger partial charge >= 0.3 is 5.97 Å². The summed E-state index contributed by atoms with van der Waals surface area (Å²) in [6.07, 6.45) is 2.00. The number of nitrogens with one attached hydrogen (secondary N) is 1. The predicted molar refractivity (Wildman–Crippen MR) is 118 cm³/mol. The minimum absolute atomic E-state index is 0.0394. The zero-order valence-electron chi connectivity index (χ0n) is 17.4. The number of aryl methyl sites for hydroxylation is 2. The molecular formula is C26H25NO4. The van der Waals surface area contributed by atoms with Crippen LogP contribution in [0.25, 0.3) is 0 Å². The summed E-state index contributed by atoms with van der Waals surface area (Å²) >= 11 is 0. The lowest BCUT2D eigenvalue weighted by Gasteiger charge is -2.20. The van der Waals surface area contributed by atoms with E-state index in [0.717, 1.165) is 18.4 Å². The molecule has 0 heterocycles. The summed E-state index contributed by atoms with van der Waals surface area (Å²) < 4.78 is 5.90. The molecule has 0 aliphatic heterocycles. The quantitative estimate of drug-likeness (QED) is 0.529. The lowest BCUT2D eigenvalue weighted by atomic mass is 9.99. The zero-order valence-corrected chi connectivity index (χ0v) is 17.4. The third kappa shape index (κ3) is 4.94. The van der Waals surface area contributed by atoms with Gasteiger partial charge in [-0.2, -0.15) is 0 Å². The van der Waals surface area contributed by atoms with Crippen LogP contribution in [0.2, 0.25) is 0 Å². The number of rotatable bonds is 8. The van der Waals surface area contributed by atoms with Crippen molar-refractivity contribution in [1.82, 2.24) is 5.32 Å². The van der Waals surface area contributed by atoms with Gasteiger partial charge in [-0.1, -0.05) is 54.1 Å². The van der Waals surface area contributed by atoms with Gasteiger partial charge in [0.05, 0.1) is 5.54 Å². The monoisotopic (exact) mass is 415 g/mol. The number of benzene rings is 3. The van der Waals surface area contributed by atoms with Crippen LogP contribution in [0.4, 0.5) is 0 Å². The predicted octanol–water partition coefficient (Wildman–Crippen LogP) is 5.22. The van der Waals surface area contributed by atoms with Crippen molar-refractivity contribution in [3.05, 3.63) is 95.1 Å². The summed E-state index contributed by atoms with van der Waals surface area (Å²) in [5.74, 6) is 0.104. The van der Waals surface area contributed by atoms with E-state index in [-0.39, 0.29) is 24.3 Å². The standard InChI is InChI=1S/C26H25NO4/c1-18-7-11-20(12-8-18)26(15-16-26)27-25(30)23-17-22(31-21-5-3-2-4-6-21)13-9-19(23)10-14-24(28)29/h2-9,11-13,17H,10,14-16H2,1H3,(H,27,30)(H,28,29).